The maximum absolute atomic E-state index is 5.20. The first-order valence-corrected chi connectivity index (χ1v) is 3.41. The number of rotatable bonds is 6. The van der Waals surface area contributed by atoms with Crippen molar-refractivity contribution in [2.24, 2.45) is 0 Å². The van der Waals surface area contributed by atoms with E-state index in [0.717, 1.165) is 0 Å². The third-order valence-corrected chi connectivity index (χ3v) is 1.39. The summed E-state index contributed by atoms with van der Waals surface area (Å²) < 4.78 is 19.9. The van der Waals surface area contributed by atoms with Crippen molar-refractivity contribution in [3.8, 4) is 0 Å². The van der Waals surface area contributed by atoms with Crippen molar-refractivity contribution in [1.29, 1.82) is 0 Å². The molecular formula is C7H16O4. The van der Waals surface area contributed by atoms with Gasteiger partial charge in [0.05, 0.1) is 13.2 Å². The lowest BCUT2D eigenvalue weighted by Crippen LogP contribution is -2.34. The summed E-state index contributed by atoms with van der Waals surface area (Å²) in [6.45, 7) is 2.68. The summed E-state index contributed by atoms with van der Waals surface area (Å²) in [4.78, 5) is 0. The van der Waals surface area contributed by atoms with Gasteiger partial charge in [-0.15, -0.1) is 0 Å². The average Bonchev–Trinajstić information content (AvgIpc) is 2.05. The van der Waals surface area contributed by atoms with Gasteiger partial charge in [0, 0.05) is 28.3 Å². The first kappa shape index (κ1) is 10.8. The molecule has 0 rings (SSSR count). The molecule has 0 aliphatic carbocycles. The van der Waals surface area contributed by atoms with Crippen LogP contribution in [0.2, 0.25) is 0 Å². The molecule has 0 saturated heterocycles. The zero-order valence-electron chi connectivity index (χ0n) is 7.55. The summed E-state index contributed by atoms with van der Waals surface area (Å²) >= 11 is 0. The van der Waals surface area contributed by atoms with Crippen LogP contribution in [-0.4, -0.2) is 40.5 Å². The van der Waals surface area contributed by atoms with Crippen LogP contribution in [0.4, 0.5) is 0 Å². The molecule has 4 nitrogen and oxygen atoms in total. The lowest BCUT2D eigenvalue weighted by Gasteiger charge is -2.25. The van der Waals surface area contributed by atoms with Crippen molar-refractivity contribution >= 4 is 0 Å². The quantitative estimate of drug-likeness (QED) is 0.426. The van der Waals surface area contributed by atoms with Crippen molar-refractivity contribution in [2.45, 2.75) is 12.9 Å². The van der Waals surface area contributed by atoms with Crippen LogP contribution < -0.4 is 0 Å². The molecule has 0 saturated carbocycles. The predicted octanol–water partition coefficient (Wildman–Crippen LogP) is 0.616. The second kappa shape index (κ2) is 5.49. The Hall–Kier alpha value is -0.160. The highest BCUT2D eigenvalue weighted by molar-refractivity contribution is 4.43. The molecular weight excluding hydrogens is 148 g/mol. The van der Waals surface area contributed by atoms with E-state index in [1.165, 1.54) is 14.2 Å². The SMILES string of the molecule is COCCOC(C)(OC)OC. The molecule has 0 fully saturated rings. The molecule has 68 valence electrons. The molecule has 0 aliphatic heterocycles. The van der Waals surface area contributed by atoms with E-state index < -0.39 is 5.97 Å². The first-order valence-electron chi connectivity index (χ1n) is 3.41. The molecule has 0 heterocycles. The van der Waals surface area contributed by atoms with Gasteiger partial charge in [-0.3, -0.25) is 0 Å². The summed E-state index contributed by atoms with van der Waals surface area (Å²) in [6, 6.07) is 0. The Kier molecular flexibility index (Phi) is 5.41. The van der Waals surface area contributed by atoms with Gasteiger partial charge in [0.15, 0.2) is 0 Å². The Morgan fingerprint density at radius 3 is 1.91 bits per heavy atom. The Labute approximate surface area is 67.4 Å². The van der Waals surface area contributed by atoms with Crippen molar-refractivity contribution in [1.82, 2.24) is 0 Å². The van der Waals surface area contributed by atoms with E-state index in [1.54, 1.807) is 14.0 Å². The van der Waals surface area contributed by atoms with Crippen LogP contribution in [0, 0.1) is 0 Å². The van der Waals surface area contributed by atoms with E-state index in [1.807, 2.05) is 0 Å². The van der Waals surface area contributed by atoms with Crippen LogP contribution in [0.5, 0.6) is 0 Å². The third-order valence-electron chi connectivity index (χ3n) is 1.39. The van der Waals surface area contributed by atoms with Crippen molar-refractivity contribution in [2.75, 3.05) is 34.5 Å². The summed E-state index contributed by atoms with van der Waals surface area (Å²) in [5.41, 5.74) is 0. The topological polar surface area (TPSA) is 36.9 Å². The molecule has 0 atom stereocenters. The van der Waals surface area contributed by atoms with Crippen LogP contribution in [0.3, 0.4) is 0 Å². The molecule has 0 spiro atoms. The van der Waals surface area contributed by atoms with Gasteiger partial charge >= 0.3 is 0 Å². The molecule has 4 heteroatoms. The molecule has 0 radical (unpaired) electrons. The first-order chi connectivity index (χ1) is 5.18. The van der Waals surface area contributed by atoms with Crippen molar-refractivity contribution in [3.05, 3.63) is 0 Å². The maximum Gasteiger partial charge on any atom is 0.279 e. The fourth-order valence-corrected chi connectivity index (χ4v) is 0.512. The van der Waals surface area contributed by atoms with E-state index in [9.17, 15) is 0 Å². The van der Waals surface area contributed by atoms with Crippen LogP contribution in [0.1, 0.15) is 6.92 Å². The lowest BCUT2D eigenvalue weighted by molar-refractivity contribution is -0.352. The van der Waals surface area contributed by atoms with Crippen molar-refractivity contribution in [3.63, 3.8) is 0 Å². The smallest absolute Gasteiger partial charge is 0.279 e. The standard InChI is InChI=1S/C7H16O4/c1-7(9-3,10-4)11-6-5-8-2/h5-6H2,1-4H3. The zero-order valence-corrected chi connectivity index (χ0v) is 7.55. The molecule has 0 N–H and O–H groups in total. The van der Waals surface area contributed by atoms with E-state index in [0.29, 0.717) is 13.2 Å². The van der Waals surface area contributed by atoms with Gasteiger partial charge in [-0.1, -0.05) is 0 Å². The third kappa shape index (κ3) is 4.31. The molecule has 0 aromatic heterocycles. The van der Waals surface area contributed by atoms with Gasteiger partial charge in [-0.2, -0.15) is 0 Å². The van der Waals surface area contributed by atoms with Crippen molar-refractivity contribution < 1.29 is 18.9 Å². The van der Waals surface area contributed by atoms with Crippen LogP contribution in [0.25, 0.3) is 0 Å². The minimum atomic E-state index is -0.946. The lowest BCUT2D eigenvalue weighted by atomic mass is 10.6. The fourth-order valence-electron chi connectivity index (χ4n) is 0.512. The maximum atomic E-state index is 5.20. The van der Waals surface area contributed by atoms with Crippen LogP contribution in [0.15, 0.2) is 0 Å². The Balaban J connectivity index is 3.51. The van der Waals surface area contributed by atoms with Gasteiger partial charge in [0.25, 0.3) is 5.97 Å². The monoisotopic (exact) mass is 164 g/mol. The highest BCUT2D eigenvalue weighted by Crippen LogP contribution is 2.10. The largest absolute Gasteiger partial charge is 0.382 e. The van der Waals surface area contributed by atoms with Crippen LogP contribution in [-0.2, 0) is 18.9 Å². The second-order valence-corrected chi connectivity index (χ2v) is 2.11. The van der Waals surface area contributed by atoms with Gasteiger partial charge in [0.1, 0.15) is 0 Å². The highest BCUT2D eigenvalue weighted by Gasteiger charge is 2.22. The summed E-state index contributed by atoms with van der Waals surface area (Å²) in [5.74, 6) is -0.946. The number of methoxy groups -OCH3 is 3. The molecule has 0 aromatic carbocycles. The van der Waals surface area contributed by atoms with E-state index in [-0.39, 0.29) is 0 Å². The average molecular weight is 164 g/mol. The molecule has 0 amide bonds. The second-order valence-electron chi connectivity index (χ2n) is 2.11. The van der Waals surface area contributed by atoms with E-state index >= 15 is 0 Å². The predicted molar refractivity (Wildman–Crippen MR) is 40.3 cm³/mol. The fraction of sp³-hybridized carbons (Fsp3) is 1.00. The van der Waals surface area contributed by atoms with Gasteiger partial charge in [-0.25, -0.2) is 0 Å². The number of ether oxygens (including phenoxy) is 4. The molecule has 0 aromatic rings. The zero-order chi connectivity index (χ0) is 8.74. The van der Waals surface area contributed by atoms with Gasteiger partial charge in [0.2, 0.25) is 0 Å². The van der Waals surface area contributed by atoms with Crippen LogP contribution >= 0.6 is 0 Å². The summed E-state index contributed by atoms with van der Waals surface area (Å²) in [7, 11) is 4.66. The van der Waals surface area contributed by atoms with E-state index in [4.69, 9.17) is 18.9 Å². The molecule has 11 heavy (non-hydrogen) atoms. The number of hydrogen-bond donors (Lipinski definition) is 0. The minimum Gasteiger partial charge on any atom is -0.382 e. The molecule has 0 bridgehead atoms. The van der Waals surface area contributed by atoms with E-state index in [2.05, 4.69) is 0 Å². The number of hydrogen-bond acceptors (Lipinski definition) is 4. The Bertz CT molecular complexity index is 90.4. The normalized spacial score (nSPS) is 12.0. The highest BCUT2D eigenvalue weighted by atomic mass is 16.9. The summed E-state index contributed by atoms with van der Waals surface area (Å²) in [5, 5.41) is 0. The Morgan fingerprint density at radius 1 is 1.00 bits per heavy atom. The molecule has 0 unspecified atom stereocenters. The Morgan fingerprint density at radius 2 is 1.55 bits per heavy atom. The van der Waals surface area contributed by atoms with Gasteiger partial charge in [-0.05, 0) is 0 Å². The van der Waals surface area contributed by atoms with Gasteiger partial charge < -0.3 is 18.9 Å². The molecule has 0 aliphatic rings. The minimum absolute atomic E-state index is 0.453. The summed E-state index contributed by atoms with van der Waals surface area (Å²) in [6.07, 6.45) is 0.